The molecule has 0 aliphatic heterocycles. The molecule has 0 spiro atoms. The number of nitrogens with one attached hydrogen (secondary N) is 3. The first-order valence-corrected chi connectivity index (χ1v) is 14.1. The molecule has 3 heterocycles. The molecule has 3 N–H and O–H groups in total. The molecule has 0 aromatic carbocycles. The molecule has 3 aromatic rings. The molecule has 0 radical (unpaired) electrons. The summed E-state index contributed by atoms with van der Waals surface area (Å²) in [5.74, 6) is -1.01. The number of nitrogens with zero attached hydrogens (tertiary/aromatic N) is 5. The Morgan fingerprint density at radius 1 is 1.24 bits per heavy atom. The van der Waals surface area contributed by atoms with E-state index in [1.165, 1.54) is 28.4 Å². The zero-order valence-electron chi connectivity index (χ0n) is 21.9. The average Bonchev–Trinajstić information content (AvgIpc) is 3.19. The lowest BCUT2D eigenvalue weighted by Crippen LogP contribution is -2.37. The van der Waals surface area contributed by atoms with Crippen molar-refractivity contribution in [3.8, 4) is 5.88 Å². The van der Waals surface area contributed by atoms with E-state index < -0.39 is 30.8 Å². The topological polar surface area (TPSA) is 128 Å². The molecule has 2 saturated carbocycles. The number of amides is 2. The fourth-order valence-electron chi connectivity index (χ4n) is 5.34. The Balaban J connectivity index is 1.23. The summed E-state index contributed by atoms with van der Waals surface area (Å²) in [6.07, 6.45) is 2.22. The van der Waals surface area contributed by atoms with Gasteiger partial charge in [0.05, 0.1) is 11.5 Å². The number of thiophene rings is 1. The molecule has 11 nitrogen and oxygen atoms in total. The Morgan fingerprint density at radius 2 is 2.02 bits per heavy atom. The van der Waals surface area contributed by atoms with Gasteiger partial charge in [-0.05, 0) is 50.0 Å². The number of alkyl halides is 4. The number of ether oxygens (including phenoxy) is 1. The predicted molar refractivity (Wildman–Crippen MR) is 140 cm³/mol. The van der Waals surface area contributed by atoms with Gasteiger partial charge in [0.1, 0.15) is 29.5 Å². The lowest BCUT2D eigenvalue weighted by atomic mass is 9.83. The molecule has 0 saturated heterocycles. The highest BCUT2D eigenvalue weighted by atomic mass is 32.1. The van der Waals surface area contributed by atoms with Gasteiger partial charge < -0.3 is 20.7 Å². The van der Waals surface area contributed by atoms with Crippen molar-refractivity contribution in [2.75, 3.05) is 17.2 Å². The zero-order chi connectivity index (χ0) is 28.8. The standard InChI is InChI=1S/C25H28F4N8O3S/c1-36-18(8-19(35-36)40-24(28)29)32-25-34-31-10-37(25)13-2-3-17-15(6-13)20(22(39)30-9-11-4-12(26)5-11)23(41-17)33-21(38)14-7-16(14)27/h8,10-14,16,24H,2-7,9H2,1H3,(H,30,39)(H,32,34)(H,33,38)/t11-,12+,13-,14-,16-/m0/s1. The van der Waals surface area contributed by atoms with Crippen molar-refractivity contribution in [1.29, 1.82) is 0 Å². The van der Waals surface area contributed by atoms with E-state index in [2.05, 4.69) is 36.0 Å². The van der Waals surface area contributed by atoms with Crippen molar-refractivity contribution in [2.45, 2.75) is 63.5 Å². The predicted octanol–water partition coefficient (Wildman–Crippen LogP) is 3.92. The third kappa shape index (κ3) is 5.74. The number of halogens is 4. The van der Waals surface area contributed by atoms with E-state index in [9.17, 15) is 27.2 Å². The van der Waals surface area contributed by atoms with Crippen LogP contribution in [-0.4, -0.2) is 61.9 Å². The molecule has 0 unspecified atom stereocenters. The molecule has 2 fully saturated rings. The molecule has 6 rings (SSSR count). The van der Waals surface area contributed by atoms with Gasteiger partial charge in [-0.25, -0.2) is 13.5 Å². The number of rotatable bonds is 10. The number of hydrogen-bond acceptors (Lipinski definition) is 8. The van der Waals surface area contributed by atoms with E-state index in [0.29, 0.717) is 61.0 Å². The molecule has 3 aromatic heterocycles. The Kier molecular flexibility index (Phi) is 7.34. The van der Waals surface area contributed by atoms with Gasteiger partial charge in [-0.3, -0.25) is 14.2 Å². The maximum Gasteiger partial charge on any atom is 0.388 e. The van der Waals surface area contributed by atoms with Crippen molar-refractivity contribution in [3.05, 3.63) is 28.4 Å². The van der Waals surface area contributed by atoms with E-state index in [0.717, 1.165) is 10.4 Å². The van der Waals surface area contributed by atoms with Gasteiger partial charge in [0.2, 0.25) is 17.7 Å². The summed E-state index contributed by atoms with van der Waals surface area (Å²) in [5.41, 5.74) is 1.12. The summed E-state index contributed by atoms with van der Waals surface area (Å²) >= 11 is 1.32. The Bertz CT molecular complexity index is 1450. The summed E-state index contributed by atoms with van der Waals surface area (Å²) in [6, 6.07) is 1.14. The van der Waals surface area contributed by atoms with Gasteiger partial charge in [0.25, 0.3) is 5.91 Å². The van der Waals surface area contributed by atoms with E-state index in [-0.39, 0.29) is 30.2 Å². The largest absolute Gasteiger partial charge is 0.415 e. The number of hydrogen-bond donors (Lipinski definition) is 3. The summed E-state index contributed by atoms with van der Waals surface area (Å²) in [7, 11) is 1.56. The second-order valence-electron chi connectivity index (χ2n) is 10.7. The SMILES string of the molecule is Cn1nc(OC(F)F)cc1Nc1nncn1[C@H]1CCc2sc(NC(=O)[C@H]3C[C@@H]3F)c(C(=O)NC[C@H]3C[C@@H](F)C3)c2C1. The summed E-state index contributed by atoms with van der Waals surface area (Å²) in [6.45, 7) is -2.68. The van der Waals surface area contributed by atoms with Gasteiger partial charge in [-0.2, -0.15) is 8.78 Å². The van der Waals surface area contributed by atoms with Crippen LogP contribution in [0, 0.1) is 11.8 Å². The molecule has 41 heavy (non-hydrogen) atoms. The van der Waals surface area contributed by atoms with Crippen LogP contribution in [0.4, 0.5) is 34.3 Å². The zero-order valence-corrected chi connectivity index (χ0v) is 22.8. The summed E-state index contributed by atoms with van der Waals surface area (Å²) < 4.78 is 59.6. The second kappa shape index (κ2) is 10.9. The fraction of sp³-hybridized carbons (Fsp3) is 0.560. The monoisotopic (exact) mass is 596 g/mol. The van der Waals surface area contributed by atoms with E-state index in [4.69, 9.17) is 0 Å². The smallest absolute Gasteiger partial charge is 0.388 e. The number of carbonyl (C=O) groups excluding carboxylic acids is 2. The molecule has 3 aliphatic carbocycles. The molecule has 220 valence electrons. The van der Waals surface area contributed by atoms with Gasteiger partial charge in [-0.15, -0.1) is 26.6 Å². The Labute approximate surface area is 235 Å². The molecular formula is C25H28F4N8O3S. The van der Waals surface area contributed by atoms with Crippen LogP contribution in [0.15, 0.2) is 12.4 Å². The van der Waals surface area contributed by atoms with Crippen molar-refractivity contribution >= 4 is 39.9 Å². The molecular weight excluding hydrogens is 568 g/mol. The van der Waals surface area contributed by atoms with E-state index in [1.54, 1.807) is 11.6 Å². The highest BCUT2D eigenvalue weighted by Gasteiger charge is 2.44. The van der Waals surface area contributed by atoms with E-state index >= 15 is 0 Å². The lowest BCUT2D eigenvalue weighted by molar-refractivity contribution is -0.117. The third-order valence-electron chi connectivity index (χ3n) is 7.75. The normalized spacial score (nSPS) is 24.9. The number of aryl methyl sites for hydroxylation is 2. The molecule has 0 bridgehead atoms. The molecule has 16 heteroatoms. The summed E-state index contributed by atoms with van der Waals surface area (Å²) in [4.78, 5) is 27.0. The van der Waals surface area contributed by atoms with Gasteiger partial charge >= 0.3 is 6.61 Å². The van der Waals surface area contributed by atoms with Crippen molar-refractivity contribution in [3.63, 3.8) is 0 Å². The van der Waals surface area contributed by atoms with Gasteiger partial charge in [-0.1, -0.05) is 0 Å². The van der Waals surface area contributed by atoms with Crippen LogP contribution in [0.1, 0.15) is 52.5 Å². The number of anilines is 3. The molecule has 3 aliphatic rings. The summed E-state index contributed by atoms with van der Waals surface area (Å²) in [5, 5.41) is 21.1. The first-order chi connectivity index (χ1) is 19.7. The number of aromatic nitrogens is 5. The van der Waals surface area contributed by atoms with Crippen molar-refractivity contribution < 1.29 is 31.9 Å². The molecule has 3 atom stereocenters. The van der Waals surface area contributed by atoms with Gasteiger partial charge in [0.15, 0.2) is 0 Å². The van der Waals surface area contributed by atoms with Gasteiger partial charge in [0, 0.05) is 30.6 Å². The minimum absolute atomic E-state index is 0.0669. The van der Waals surface area contributed by atoms with Crippen LogP contribution in [0.3, 0.4) is 0 Å². The molecule has 2 amide bonds. The third-order valence-corrected chi connectivity index (χ3v) is 8.96. The number of fused-ring (bicyclic) bond motifs is 1. The quantitative estimate of drug-likeness (QED) is 0.303. The fourth-order valence-corrected chi connectivity index (χ4v) is 6.58. The van der Waals surface area contributed by atoms with Crippen LogP contribution in [-0.2, 0) is 24.7 Å². The maximum atomic E-state index is 13.6. The Morgan fingerprint density at radius 3 is 2.73 bits per heavy atom. The highest BCUT2D eigenvalue weighted by molar-refractivity contribution is 7.17. The van der Waals surface area contributed by atoms with Crippen LogP contribution < -0.4 is 20.7 Å². The first kappa shape index (κ1) is 27.5. The minimum Gasteiger partial charge on any atom is -0.415 e. The first-order valence-electron chi connectivity index (χ1n) is 13.3. The van der Waals surface area contributed by atoms with Crippen LogP contribution in [0.25, 0.3) is 0 Å². The van der Waals surface area contributed by atoms with Crippen molar-refractivity contribution in [2.24, 2.45) is 18.9 Å². The number of carbonyl (C=O) groups is 2. The maximum absolute atomic E-state index is 13.6. The van der Waals surface area contributed by atoms with E-state index in [1.807, 2.05) is 0 Å². The minimum atomic E-state index is -3.01. The lowest BCUT2D eigenvalue weighted by Gasteiger charge is -2.29. The van der Waals surface area contributed by atoms with Crippen molar-refractivity contribution in [1.82, 2.24) is 29.9 Å². The van der Waals surface area contributed by atoms with Crippen LogP contribution >= 0.6 is 11.3 Å². The second-order valence-corrected chi connectivity index (χ2v) is 11.8. The average molecular weight is 597 g/mol. The highest BCUT2D eigenvalue weighted by Crippen LogP contribution is 2.43. The van der Waals surface area contributed by atoms with Crippen LogP contribution in [0.2, 0.25) is 0 Å². The van der Waals surface area contributed by atoms with Crippen LogP contribution in [0.5, 0.6) is 5.88 Å². The Hall–Kier alpha value is -3.69.